The van der Waals surface area contributed by atoms with Gasteiger partial charge in [-0.25, -0.2) is 15.8 Å². The Hall–Kier alpha value is -1.40. The zero-order valence-corrected chi connectivity index (χ0v) is 11.8. The third kappa shape index (κ3) is 4.04. The molecule has 6 nitrogen and oxygen atoms in total. The molecule has 1 aliphatic rings. The fourth-order valence-electron chi connectivity index (χ4n) is 2.04. The maximum absolute atomic E-state index is 5.45. The van der Waals surface area contributed by atoms with Crippen molar-refractivity contribution in [3.63, 3.8) is 0 Å². The molecule has 1 fully saturated rings. The lowest BCUT2D eigenvalue weighted by Gasteiger charge is -2.18. The van der Waals surface area contributed by atoms with Crippen LogP contribution in [0.1, 0.15) is 38.4 Å². The maximum Gasteiger partial charge on any atom is 0.145 e. The number of hydrogen-bond donors (Lipinski definition) is 3. The highest BCUT2D eigenvalue weighted by molar-refractivity contribution is 5.47. The topological polar surface area (TPSA) is 79.1 Å². The van der Waals surface area contributed by atoms with Crippen molar-refractivity contribution < 1.29 is 0 Å². The van der Waals surface area contributed by atoms with Gasteiger partial charge in [0.05, 0.1) is 0 Å². The second-order valence-electron chi connectivity index (χ2n) is 4.87. The van der Waals surface area contributed by atoms with Crippen molar-refractivity contribution in [3.05, 3.63) is 11.9 Å². The first-order valence-corrected chi connectivity index (χ1v) is 7.08. The van der Waals surface area contributed by atoms with Crippen LogP contribution < -0.4 is 16.6 Å². The second kappa shape index (κ2) is 6.68. The molecule has 1 heterocycles. The first-order chi connectivity index (χ1) is 9.26. The van der Waals surface area contributed by atoms with E-state index in [1.54, 1.807) is 0 Å². The number of aromatic nitrogens is 2. The van der Waals surface area contributed by atoms with E-state index in [1.807, 2.05) is 6.07 Å². The average molecular weight is 264 g/mol. The van der Waals surface area contributed by atoms with Crippen molar-refractivity contribution in [2.24, 2.45) is 5.84 Å². The number of likely N-dealkylation sites (N-methyl/N-ethyl adjacent to an activating group) is 1. The minimum Gasteiger partial charge on any atom is -0.369 e. The van der Waals surface area contributed by atoms with E-state index in [1.165, 1.54) is 12.8 Å². The summed E-state index contributed by atoms with van der Waals surface area (Å²) in [7, 11) is 0. The summed E-state index contributed by atoms with van der Waals surface area (Å²) in [6, 6.07) is 1.86. The van der Waals surface area contributed by atoms with Gasteiger partial charge in [0.25, 0.3) is 0 Å². The summed E-state index contributed by atoms with van der Waals surface area (Å²) in [5, 5.41) is 3.35. The number of nitrogens with two attached hydrogens (primary N) is 1. The van der Waals surface area contributed by atoms with Crippen LogP contribution in [0.2, 0.25) is 0 Å². The Morgan fingerprint density at radius 1 is 1.26 bits per heavy atom. The smallest absolute Gasteiger partial charge is 0.145 e. The van der Waals surface area contributed by atoms with Gasteiger partial charge in [0.15, 0.2) is 0 Å². The van der Waals surface area contributed by atoms with E-state index in [0.717, 1.165) is 37.8 Å². The van der Waals surface area contributed by atoms with E-state index < -0.39 is 0 Å². The van der Waals surface area contributed by atoms with Crippen molar-refractivity contribution in [2.75, 3.05) is 36.9 Å². The molecule has 0 bridgehead atoms. The Balaban J connectivity index is 1.93. The number of nitrogens with one attached hydrogen (secondary N) is 2. The number of hydrazine groups is 1. The van der Waals surface area contributed by atoms with E-state index in [-0.39, 0.29) is 0 Å². The monoisotopic (exact) mass is 264 g/mol. The van der Waals surface area contributed by atoms with Gasteiger partial charge >= 0.3 is 0 Å². The molecule has 0 unspecified atom stereocenters. The van der Waals surface area contributed by atoms with Crippen LogP contribution in [0, 0.1) is 0 Å². The summed E-state index contributed by atoms with van der Waals surface area (Å²) < 4.78 is 0. The highest BCUT2D eigenvalue weighted by Crippen LogP contribution is 2.38. The largest absolute Gasteiger partial charge is 0.369 e. The minimum atomic E-state index is 0.525. The van der Waals surface area contributed by atoms with Crippen LogP contribution in [0.3, 0.4) is 0 Å². The Labute approximate surface area is 114 Å². The third-order valence-electron chi connectivity index (χ3n) is 3.46. The van der Waals surface area contributed by atoms with E-state index in [4.69, 9.17) is 5.84 Å². The molecule has 0 saturated heterocycles. The molecule has 1 saturated carbocycles. The average Bonchev–Trinajstić information content (AvgIpc) is 3.28. The van der Waals surface area contributed by atoms with Crippen LogP contribution in [-0.2, 0) is 0 Å². The summed E-state index contributed by atoms with van der Waals surface area (Å²) in [6.45, 7) is 8.40. The van der Waals surface area contributed by atoms with E-state index in [0.29, 0.717) is 11.7 Å². The summed E-state index contributed by atoms with van der Waals surface area (Å²) in [5.74, 6) is 8.42. The van der Waals surface area contributed by atoms with Gasteiger partial charge in [-0.1, -0.05) is 13.8 Å². The molecular weight excluding hydrogens is 240 g/mol. The lowest BCUT2D eigenvalue weighted by molar-refractivity contribution is 0.316. The van der Waals surface area contributed by atoms with Crippen LogP contribution in [0.4, 0.5) is 11.6 Å². The first kappa shape index (κ1) is 14.0. The Morgan fingerprint density at radius 2 is 1.95 bits per heavy atom. The standard InChI is InChI=1S/C13H24N6/c1-3-19(4-2)8-7-15-11-9-12(18-14)17-13(16-11)10-5-6-10/h9-10H,3-8,14H2,1-2H3,(H2,15,16,17,18). The number of rotatable bonds is 8. The van der Waals surface area contributed by atoms with Crippen LogP contribution in [0.5, 0.6) is 0 Å². The van der Waals surface area contributed by atoms with Crippen molar-refractivity contribution in [2.45, 2.75) is 32.6 Å². The number of hydrogen-bond acceptors (Lipinski definition) is 6. The third-order valence-corrected chi connectivity index (χ3v) is 3.46. The molecule has 0 aromatic carbocycles. The maximum atomic E-state index is 5.45. The van der Waals surface area contributed by atoms with Crippen LogP contribution >= 0.6 is 0 Å². The van der Waals surface area contributed by atoms with Gasteiger partial charge < -0.3 is 15.6 Å². The van der Waals surface area contributed by atoms with Gasteiger partial charge in [0.1, 0.15) is 17.5 Å². The zero-order valence-electron chi connectivity index (χ0n) is 11.8. The summed E-state index contributed by atoms with van der Waals surface area (Å²) in [5.41, 5.74) is 2.61. The molecule has 0 atom stereocenters. The molecule has 4 N–H and O–H groups in total. The Bertz CT molecular complexity index is 400. The summed E-state index contributed by atoms with van der Waals surface area (Å²) in [4.78, 5) is 11.3. The fourth-order valence-corrected chi connectivity index (χ4v) is 2.04. The Morgan fingerprint density at radius 3 is 2.53 bits per heavy atom. The van der Waals surface area contributed by atoms with Gasteiger partial charge in [0, 0.05) is 25.1 Å². The van der Waals surface area contributed by atoms with Gasteiger partial charge in [-0.2, -0.15) is 0 Å². The van der Waals surface area contributed by atoms with Crippen molar-refractivity contribution in [1.29, 1.82) is 0 Å². The van der Waals surface area contributed by atoms with E-state index >= 15 is 0 Å². The van der Waals surface area contributed by atoms with Gasteiger partial charge in [-0.3, -0.25) is 0 Å². The predicted molar refractivity (Wildman–Crippen MR) is 78.1 cm³/mol. The quantitative estimate of drug-likeness (QED) is 0.486. The van der Waals surface area contributed by atoms with Crippen molar-refractivity contribution in [3.8, 4) is 0 Å². The highest BCUT2D eigenvalue weighted by atomic mass is 15.3. The Kier molecular flexibility index (Phi) is 4.93. The lowest BCUT2D eigenvalue weighted by atomic mass is 10.3. The number of anilines is 2. The van der Waals surface area contributed by atoms with Crippen LogP contribution in [0.25, 0.3) is 0 Å². The van der Waals surface area contributed by atoms with Gasteiger partial charge in [-0.15, -0.1) is 0 Å². The van der Waals surface area contributed by atoms with Crippen molar-refractivity contribution >= 4 is 11.6 Å². The van der Waals surface area contributed by atoms with E-state index in [9.17, 15) is 0 Å². The van der Waals surface area contributed by atoms with Crippen molar-refractivity contribution in [1.82, 2.24) is 14.9 Å². The highest BCUT2D eigenvalue weighted by Gasteiger charge is 2.27. The molecular formula is C13H24N6. The summed E-state index contributed by atoms with van der Waals surface area (Å²) >= 11 is 0. The minimum absolute atomic E-state index is 0.525. The van der Waals surface area contributed by atoms with E-state index in [2.05, 4.69) is 39.5 Å². The lowest BCUT2D eigenvalue weighted by Crippen LogP contribution is -2.28. The number of nitrogen functional groups attached to an aromatic ring is 1. The molecule has 0 amide bonds. The number of nitrogens with zero attached hydrogens (tertiary/aromatic N) is 3. The molecule has 1 aromatic rings. The molecule has 106 valence electrons. The molecule has 2 rings (SSSR count). The van der Waals surface area contributed by atoms with Gasteiger partial charge in [-0.05, 0) is 25.9 Å². The summed E-state index contributed by atoms with van der Waals surface area (Å²) in [6.07, 6.45) is 2.37. The fraction of sp³-hybridized carbons (Fsp3) is 0.692. The molecule has 6 heteroatoms. The normalized spacial score (nSPS) is 14.7. The molecule has 0 radical (unpaired) electrons. The zero-order chi connectivity index (χ0) is 13.7. The van der Waals surface area contributed by atoms with Crippen LogP contribution in [0.15, 0.2) is 6.07 Å². The predicted octanol–water partition coefficient (Wildman–Crippen LogP) is 1.39. The molecule has 0 spiro atoms. The van der Waals surface area contributed by atoms with Crippen LogP contribution in [-0.4, -0.2) is 41.0 Å². The molecule has 1 aliphatic carbocycles. The SMILES string of the molecule is CCN(CC)CCNc1cc(NN)nc(C2CC2)n1. The van der Waals surface area contributed by atoms with Gasteiger partial charge in [0.2, 0.25) is 0 Å². The molecule has 19 heavy (non-hydrogen) atoms. The molecule has 1 aromatic heterocycles. The molecule has 0 aliphatic heterocycles. The second-order valence-corrected chi connectivity index (χ2v) is 4.87. The first-order valence-electron chi connectivity index (χ1n) is 7.08.